The molecule has 0 aliphatic rings. The number of hydrogen-bond acceptors (Lipinski definition) is 3. The molecule has 0 unspecified atom stereocenters. The summed E-state index contributed by atoms with van der Waals surface area (Å²) in [5, 5.41) is 4.07. The summed E-state index contributed by atoms with van der Waals surface area (Å²) >= 11 is 15.5. The number of hydrogen-bond donors (Lipinski definition) is 1. The van der Waals surface area contributed by atoms with Gasteiger partial charge in [-0.15, -0.1) is 0 Å². The molecule has 0 atom stereocenters. The Balaban J connectivity index is 2.40. The number of benzene rings is 1. The Kier molecular flexibility index (Phi) is 4.10. The molecule has 18 heavy (non-hydrogen) atoms. The molecule has 0 saturated carbocycles. The van der Waals surface area contributed by atoms with Crippen LogP contribution >= 0.6 is 39.1 Å². The fourth-order valence-corrected chi connectivity index (χ4v) is 2.14. The summed E-state index contributed by atoms with van der Waals surface area (Å²) in [6, 6.07) is 5.52. The van der Waals surface area contributed by atoms with Crippen molar-refractivity contribution in [2.45, 2.75) is 13.8 Å². The SMILES string of the molecule is Cc1nc(Cl)c(Nc2cccc(Cl)c2Br)nc1C. The molecule has 1 aromatic carbocycles. The van der Waals surface area contributed by atoms with Gasteiger partial charge in [0.15, 0.2) is 11.0 Å². The van der Waals surface area contributed by atoms with E-state index in [-0.39, 0.29) is 0 Å². The molecule has 0 spiro atoms. The first-order valence-electron chi connectivity index (χ1n) is 5.21. The van der Waals surface area contributed by atoms with Gasteiger partial charge >= 0.3 is 0 Å². The number of anilines is 2. The van der Waals surface area contributed by atoms with E-state index in [0.29, 0.717) is 16.0 Å². The zero-order valence-corrected chi connectivity index (χ0v) is 12.9. The lowest BCUT2D eigenvalue weighted by Crippen LogP contribution is -2.01. The van der Waals surface area contributed by atoms with E-state index in [4.69, 9.17) is 23.2 Å². The molecule has 1 aromatic heterocycles. The quantitative estimate of drug-likeness (QED) is 0.839. The van der Waals surface area contributed by atoms with Crippen LogP contribution in [0.4, 0.5) is 11.5 Å². The molecule has 0 aliphatic carbocycles. The summed E-state index contributed by atoms with van der Waals surface area (Å²) in [5.41, 5.74) is 2.44. The standard InChI is InChI=1S/C12H10BrCl2N3/c1-6-7(2)17-12(11(15)16-6)18-9-5-3-4-8(14)10(9)13/h3-5H,1-2H3,(H,17,18). The Morgan fingerprint density at radius 3 is 2.50 bits per heavy atom. The van der Waals surface area contributed by atoms with Crippen molar-refractivity contribution >= 4 is 50.6 Å². The average molecular weight is 347 g/mol. The monoisotopic (exact) mass is 345 g/mol. The van der Waals surface area contributed by atoms with Gasteiger partial charge in [0, 0.05) is 0 Å². The van der Waals surface area contributed by atoms with Gasteiger partial charge in [-0.05, 0) is 41.9 Å². The van der Waals surface area contributed by atoms with Crippen LogP contribution in [0.1, 0.15) is 11.4 Å². The minimum atomic E-state index is 0.338. The first-order chi connectivity index (χ1) is 8.49. The van der Waals surface area contributed by atoms with Crippen LogP contribution in [-0.2, 0) is 0 Å². The van der Waals surface area contributed by atoms with Crippen LogP contribution in [0.25, 0.3) is 0 Å². The van der Waals surface area contributed by atoms with E-state index in [1.165, 1.54) is 0 Å². The van der Waals surface area contributed by atoms with E-state index < -0.39 is 0 Å². The van der Waals surface area contributed by atoms with Gasteiger partial charge in [-0.1, -0.05) is 29.3 Å². The van der Waals surface area contributed by atoms with Crippen LogP contribution in [-0.4, -0.2) is 9.97 Å². The van der Waals surface area contributed by atoms with E-state index >= 15 is 0 Å². The van der Waals surface area contributed by atoms with Crippen molar-refractivity contribution in [2.24, 2.45) is 0 Å². The summed E-state index contributed by atoms with van der Waals surface area (Å²) in [6.07, 6.45) is 0. The molecule has 2 rings (SSSR count). The van der Waals surface area contributed by atoms with Gasteiger partial charge in [0.1, 0.15) is 0 Å². The van der Waals surface area contributed by atoms with Crippen molar-refractivity contribution in [3.63, 3.8) is 0 Å². The number of aryl methyl sites for hydroxylation is 2. The summed E-state index contributed by atoms with van der Waals surface area (Å²) in [7, 11) is 0. The lowest BCUT2D eigenvalue weighted by atomic mass is 10.3. The number of nitrogens with zero attached hydrogens (tertiary/aromatic N) is 2. The summed E-state index contributed by atoms with van der Waals surface area (Å²) < 4.78 is 0.766. The molecule has 3 nitrogen and oxygen atoms in total. The number of rotatable bonds is 2. The number of nitrogens with one attached hydrogen (secondary N) is 1. The van der Waals surface area contributed by atoms with E-state index in [9.17, 15) is 0 Å². The predicted octanol–water partition coefficient (Wildman–Crippen LogP) is 4.91. The third-order valence-electron chi connectivity index (χ3n) is 2.47. The largest absolute Gasteiger partial charge is 0.337 e. The smallest absolute Gasteiger partial charge is 0.172 e. The zero-order valence-electron chi connectivity index (χ0n) is 9.76. The van der Waals surface area contributed by atoms with Crippen LogP contribution in [0.15, 0.2) is 22.7 Å². The summed E-state index contributed by atoms with van der Waals surface area (Å²) in [5.74, 6) is 0.516. The fraction of sp³-hybridized carbons (Fsp3) is 0.167. The lowest BCUT2D eigenvalue weighted by Gasteiger charge is -2.11. The van der Waals surface area contributed by atoms with E-state index in [0.717, 1.165) is 21.5 Å². The van der Waals surface area contributed by atoms with Gasteiger partial charge in [-0.25, -0.2) is 9.97 Å². The highest BCUT2D eigenvalue weighted by atomic mass is 79.9. The number of aromatic nitrogens is 2. The lowest BCUT2D eigenvalue weighted by molar-refractivity contribution is 1.05. The third kappa shape index (κ3) is 2.76. The topological polar surface area (TPSA) is 37.8 Å². The van der Waals surface area contributed by atoms with Crippen LogP contribution in [0.3, 0.4) is 0 Å². The highest BCUT2D eigenvalue weighted by Gasteiger charge is 2.10. The second kappa shape index (κ2) is 5.43. The van der Waals surface area contributed by atoms with Gasteiger partial charge in [-0.2, -0.15) is 0 Å². The van der Waals surface area contributed by atoms with E-state index in [2.05, 4.69) is 31.2 Å². The molecular weight excluding hydrogens is 337 g/mol. The Bertz CT molecular complexity index is 602. The van der Waals surface area contributed by atoms with E-state index in [1.54, 1.807) is 6.07 Å². The summed E-state index contributed by atoms with van der Waals surface area (Å²) in [4.78, 5) is 8.58. The second-order valence-corrected chi connectivity index (χ2v) is 5.32. The molecule has 2 aromatic rings. The molecule has 1 heterocycles. The van der Waals surface area contributed by atoms with Crippen molar-refractivity contribution in [1.29, 1.82) is 0 Å². The predicted molar refractivity (Wildman–Crippen MR) is 79.0 cm³/mol. The third-order valence-corrected chi connectivity index (χ3v) is 4.13. The minimum Gasteiger partial charge on any atom is -0.337 e. The van der Waals surface area contributed by atoms with Gasteiger partial charge in [0.2, 0.25) is 0 Å². The van der Waals surface area contributed by atoms with Crippen molar-refractivity contribution in [1.82, 2.24) is 9.97 Å². The maximum Gasteiger partial charge on any atom is 0.172 e. The molecule has 0 fully saturated rings. The fourth-order valence-electron chi connectivity index (χ4n) is 1.38. The number of halogens is 3. The molecule has 0 bridgehead atoms. The normalized spacial score (nSPS) is 10.5. The van der Waals surface area contributed by atoms with Gasteiger partial charge in [0.25, 0.3) is 0 Å². The van der Waals surface area contributed by atoms with Gasteiger partial charge in [-0.3, -0.25) is 0 Å². The Hall–Kier alpha value is -0.840. The summed E-state index contributed by atoms with van der Waals surface area (Å²) in [6.45, 7) is 3.75. The van der Waals surface area contributed by atoms with Crippen molar-refractivity contribution in [2.75, 3.05) is 5.32 Å². The first-order valence-corrected chi connectivity index (χ1v) is 6.75. The molecule has 6 heteroatoms. The molecule has 0 aliphatic heterocycles. The van der Waals surface area contributed by atoms with Crippen molar-refractivity contribution in [3.05, 3.63) is 44.2 Å². The highest BCUT2D eigenvalue weighted by molar-refractivity contribution is 9.10. The highest BCUT2D eigenvalue weighted by Crippen LogP contribution is 2.33. The minimum absolute atomic E-state index is 0.338. The van der Waals surface area contributed by atoms with Crippen molar-refractivity contribution in [3.8, 4) is 0 Å². The van der Waals surface area contributed by atoms with E-state index in [1.807, 2.05) is 26.0 Å². The molecule has 0 saturated heterocycles. The van der Waals surface area contributed by atoms with Crippen LogP contribution < -0.4 is 5.32 Å². The molecule has 94 valence electrons. The van der Waals surface area contributed by atoms with Crippen LogP contribution in [0.2, 0.25) is 10.2 Å². The van der Waals surface area contributed by atoms with Gasteiger partial charge in [0.05, 0.1) is 26.6 Å². The van der Waals surface area contributed by atoms with Crippen LogP contribution in [0, 0.1) is 13.8 Å². The first kappa shape index (κ1) is 13.6. The Morgan fingerprint density at radius 2 is 1.78 bits per heavy atom. The Morgan fingerprint density at radius 1 is 1.11 bits per heavy atom. The van der Waals surface area contributed by atoms with Crippen LogP contribution in [0.5, 0.6) is 0 Å². The average Bonchev–Trinajstić information content (AvgIpc) is 2.32. The molecular formula is C12H10BrCl2N3. The maximum atomic E-state index is 6.06. The molecule has 1 N–H and O–H groups in total. The molecule has 0 radical (unpaired) electrons. The zero-order chi connectivity index (χ0) is 13.3. The second-order valence-electron chi connectivity index (χ2n) is 3.76. The van der Waals surface area contributed by atoms with Gasteiger partial charge < -0.3 is 5.32 Å². The Labute approximate surface area is 124 Å². The molecule has 0 amide bonds. The van der Waals surface area contributed by atoms with Crippen molar-refractivity contribution < 1.29 is 0 Å². The maximum absolute atomic E-state index is 6.06.